The highest BCUT2D eigenvalue weighted by molar-refractivity contribution is 5.81. The number of azo groups is 1. The van der Waals surface area contributed by atoms with Crippen molar-refractivity contribution in [3.8, 4) is 5.75 Å². The highest BCUT2D eigenvalue weighted by Gasteiger charge is 2.22. The fraction of sp³-hybridized carbons (Fsp3) is 0.0667. The lowest BCUT2D eigenvalue weighted by molar-refractivity contribution is 0.477. The van der Waals surface area contributed by atoms with E-state index < -0.39 is 5.69 Å². The smallest absolute Gasteiger partial charge is 0.368 e. The number of aromatic hydroxyl groups is 1. The highest BCUT2D eigenvalue weighted by Crippen LogP contribution is 2.33. The topological polar surface area (TPSA) is 104 Å². The predicted octanol–water partition coefficient (Wildman–Crippen LogP) is 1.77. The molecule has 3 N–H and O–H groups in total. The van der Waals surface area contributed by atoms with Crippen LogP contribution in [-0.2, 0) is 6.42 Å². The van der Waals surface area contributed by atoms with Crippen LogP contribution in [-0.4, -0.2) is 14.8 Å². The van der Waals surface area contributed by atoms with E-state index in [2.05, 4.69) is 26.2 Å². The molecule has 0 bridgehead atoms. The zero-order valence-corrected chi connectivity index (χ0v) is 11.9. The first-order valence-corrected chi connectivity index (χ1v) is 6.97. The summed E-state index contributed by atoms with van der Waals surface area (Å²) in [6, 6.07) is 6.70. The van der Waals surface area contributed by atoms with Crippen molar-refractivity contribution in [1.82, 2.24) is 9.66 Å². The van der Waals surface area contributed by atoms with Crippen LogP contribution in [0.5, 0.6) is 5.75 Å². The first-order chi connectivity index (χ1) is 11.2. The molecule has 2 aromatic rings. The van der Waals surface area contributed by atoms with Gasteiger partial charge < -0.3 is 5.11 Å². The largest absolute Gasteiger partial charge is 0.506 e. The predicted molar refractivity (Wildman–Crippen MR) is 84.2 cm³/mol. The lowest BCUT2D eigenvalue weighted by Crippen LogP contribution is -2.35. The molecule has 0 radical (unpaired) electrons. The summed E-state index contributed by atoms with van der Waals surface area (Å²) >= 11 is 0. The van der Waals surface area contributed by atoms with E-state index >= 15 is 0 Å². The van der Waals surface area contributed by atoms with Crippen molar-refractivity contribution in [3.05, 3.63) is 70.2 Å². The number of nitrogens with one attached hydrogen (secondary N) is 2. The molecule has 0 saturated carbocycles. The highest BCUT2D eigenvalue weighted by atomic mass is 16.3. The second kappa shape index (κ2) is 5.09. The maximum atomic E-state index is 12.2. The van der Waals surface area contributed by atoms with Crippen LogP contribution in [0.1, 0.15) is 11.3 Å². The van der Waals surface area contributed by atoms with E-state index in [9.17, 15) is 9.90 Å². The van der Waals surface area contributed by atoms with Crippen molar-refractivity contribution >= 4 is 11.3 Å². The minimum Gasteiger partial charge on any atom is -0.506 e. The standard InChI is InChI=1S/C15H12N6O2/c22-13-4-2-1-3-12(13)19-20-21-8-9-5-6-11-10(7-16-18-11)14(9)17-15(21)23/h1-4,6-8,19-20,22H,5H2. The molecule has 114 valence electrons. The second-order valence-electron chi connectivity index (χ2n) is 5.07. The van der Waals surface area contributed by atoms with Gasteiger partial charge in [0.1, 0.15) is 5.75 Å². The number of aromatic nitrogens is 2. The second-order valence-corrected chi connectivity index (χ2v) is 5.07. The number of fused-ring (bicyclic) bond motifs is 3. The number of rotatable bonds is 3. The molecule has 2 aliphatic rings. The maximum absolute atomic E-state index is 12.2. The van der Waals surface area contributed by atoms with Gasteiger partial charge in [-0.25, -0.2) is 10.3 Å². The molecule has 2 heterocycles. The van der Waals surface area contributed by atoms with E-state index in [-0.39, 0.29) is 5.75 Å². The number of benzene rings is 1. The van der Waals surface area contributed by atoms with Gasteiger partial charge in [-0.05, 0) is 18.6 Å². The summed E-state index contributed by atoms with van der Waals surface area (Å²) in [7, 11) is 0. The Bertz CT molecular complexity index is 941. The number of phenols is 1. The SMILES string of the molecule is O=c1nc2c(cn1NNc1ccccc1O)CC=C1N=NC=C12. The van der Waals surface area contributed by atoms with Crippen LogP contribution in [0.15, 0.2) is 63.5 Å². The van der Waals surface area contributed by atoms with E-state index in [1.807, 2.05) is 6.08 Å². The quantitative estimate of drug-likeness (QED) is 0.592. The molecule has 0 saturated heterocycles. The van der Waals surface area contributed by atoms with Crippen LogP contribution in [0.3, 0.4) is 0 Å². The van der Waals surface area contributed by atoms with Crippen LogP contribution in [0.4, 0.5) is 5.69 Å². The minimum absolute atomic E-state index is 0.0749. The van der Waals surface area contributed by atoms with Gasteiger partial charge in [-0.3, -0.25) is 5.43 Å². The molecular formula is C15H12N6O2. The summed E-state index contributed by atoms with van der Waals surface area (Å²) < 4.78 is 1.23. The van der Waals surface area contributed by atoms with Gasteiger partial charge in [0, 0.05) is 17.3 Å². The molecule has 0 unspecified atom stereocenters. The van der Waals surface area contributed by atoms with Crippen LogP contribution in [0.25, 0.3) is 5.57 Å². The molecule has 1 aromatic carbocycles. The molecule has 0 amide bonds. The normalized spacial score (nSPS) is 14.6. The zero-order chi connectivity index (χ0) is 15.8. The van der Waals surface area contributed by atoms with E-state index in [0.717, 1.165) is 16.8 Å². The number of phenolic OH excluding ortho intramolecular Hbond substituents is 1. The van der Waals surface area contributed by atoms with Gasteiger partial charge in [-0.1, -0.05) is 18.2 Å². The Morgan fingerprint density at radius 3 is 3.00 bits per heavy atom. The Labute approximate surface area is 130 Å². The molecule has 1 aliphatic carbocycles. The molecule has 0 atom stereocenters. The summed E-state index contributed by atoms with van der Waals surface area (Å²) in [6.45, 7) is 0. The van der Waals surface area contributed by atoms with Crippen LogP contribution < -0.4 is 16.7 Å². The number of anilines is 1. The molecule has 1 aliphatic heterocycles. The van der Waals surface area contributed by atoms with Crippen molar-refractivity contribution < 1.29 is 5.11 Å². The lowest BCUT2D eigenvalue weighted by atomic mass is 9.97. The Morgan fingerprint density at radius 2 is 2.13 bits per heavy atom. The van der Waals surface area contributed by atoms with Crippen molar-refractivity contribution in [1.29, 1.82) is 0 Å². The summed E-state index contributed by atoms with van der Waals surface area (Å²) in [5, 5.41) is 17.5. The fourth-order valence-electron chi connectivity index (χ4n) is 2.46. The lowest BCUT2D eigenvalue weighted by Gasteiger charge is -2.17. The molecule has 4 rings (SSSR count). The third-order valence-electron chi connectivity index (χ3n) is 3.62. The van der Waals surface area contributed by atoms with Crippen LogP contribution >= 0.6 is 0 Å². The summed E-state index contributed by atoms with van der Waals surface area (Å²) in [5.41, 5.74) is 8.50. The molecule has 8 nitrogen and oxygen atoms in total. The summed E-state index contributed by atoms with van der Waals surface area (Å²) in [5.74, 6) is 0.0749. The fourth-order valence-corrected chi connectivity index (χ4v) is 2.46. The van der Waals surface area contributed by atoms with Gasteiger partial charge in [0.25, 0.3) is 0 Å². The number of hydrazine groups is 1. The average molecular weight is 308 g/mol. The van der Waals surface area contributed by atoms with Crippen molar-refractivity contribution in [2.75, 3.05) is 11.0 Å². The monoisotopic (exact) mass is 308 g/mol. The third-order valence-corrected chi connectivity index (χ3v) is 3.62. The number of hydrogen-bond donors (Lipinski definition) is 3. The van der Waals surface area contributed by atoms with Gasteiger partial charge in [-0.2, -0.15) is 19.9 Å². The van der Waals surface area contributed by atoms with Crippen LogP contribution in [0.2, 0.25) is 0 Å². The number of para-hydroxylation sites is 2. The molecule has 0 spiro atoms. The van der Waals surface area contributed by atoms with Crippen LogP contribution in [0, 0.1) is 0 Å². The molecule has 0 fully saturated rings. The van der Waals surface area contributed by atoms with E-state index in [0.29, 0.717) is 17.8 Å². The van der Waals surface area contributed by atoms with E-state index in [1.54, 1.807) is 36.7 Å². The molecular weight excluding hydrogens is 296 g/mol. The first-order valence-electron chi connectivity index (χ1n) is 6.97. The average Bonchev–Trinajstić information content (AvgIpc) is 3.03. The minimum atomic E-state index is -0.472. The van der Waals surface area contributed by atoms with Gasteiger partial charge >= 0.3 is 5.69 Å². The Kier molecular flexibility index (Phi) is 2.94. The molecule has 8 heteroatoms. The third kappa shape index (κ3) is 2.26. The number of nitrogens with zero attached hydrogens (tertiary/aromatic N) is 4. The number of allylic oxidation sites excluding steroid dienone is 2. The number of hydrogen-bond acceptors (Lipinski definition) is 7. The van der Waals surface area contributed by atoms with Gasteiger partial charge in [0.15, 0.2) is 0 Å². The Morgan fingerprint density at radius 1 is 1.26 bits per heavy atom. The van der Waals surface area contributed by atoms with Crippen molar-refractivity contribution in [3.63, 3.8) is 0 Å². The zero-order valence-electron chi connectivity index (χ0n) is 11.9. The molecule has 1 aromatic heterocycles. The van der Waals surface area contributed by atoms with Crippen molar-refractivity contribution in [2.24, 2.45) is 10.2 Å². The Hall–Kier alpha value is -3.42. The van der Waals surface area contributed by atoms with E-state index in [1.165, 1.54) is 4.68 Å². The van der Waals surface area contributed by atoms with Gasteiger partial charge in [0.05, 0.1) is 23.3 Å². The first kappa shape index (κ1) is 13.3. The van der Waals surface area contributed by atoms with Gasteiger partial charge in [0.2, 0.25) is 0 Å². The molecule has 23 heavy (non-hydrogen) atoms. The Balaban J connectivity index is 1.63. The summed E-state index contributed by atoms with van der Waals surface area (Å²) in [6.07, 6.45) is 5.84. The van der Waals surface area contributed by atoms with Crippen molar-refractivity contribution in [2.45, 2.75) is 6.42 Å². The van der Waals surface area contributed by atoms with E-state index in [4.69, 9.17) is 0 Å². The summed E-state index contributed by atoms with van der Waals surface area (Å²) in [4.78, 5) is 16.3. The maximum Gasteiger partial charge on any atom is 0.368 e. The van der Waals surface area contributed by atoms with Gasteiger partial charge in [-0.15, -0.1) is 0 Å².